The Morgan fingerprint density at radius 3 is 2.52 bits per heavy atom. The zero-order chi connectivity index (χ0) is 19.6. The van der Waals surface area contributed by atoms with Crippen LogP contribution in [0.4, 0.5) is 10.5 Å². The zero-order valence-electron chi connectivity index (χ0n) is 15.5. The molecule has 1 heterocycles. The highest BCUT2D eigenvalue weighted by molar-refractivity contribution is 7.92. The first kappa shape index (κ1) is 19.7. The topological polar surface area (TPSA) is 104 Å². The van der Waals surface area contributed by atoms with Crippen molar-refractivity contribution in [1.82, 2.24) is 4.90 Å². The summed E-state index contributed by atoms with van der Waals surface area (Å²) in [4.78, 5) is 25.4. The largest absolute Gasteiger partial charge is 0.481 e. The van der Waals surface area contributed by atoms with Crippen LogP contribution in [0.15, 0.2) is 23.1 Å². The van der Waals surface area contributed by atoms with Crippen LogP contribution in [-0.4, -0.2) is 48.8 Å². The van der Waals surface area contributed by atoms with E-state index in [-0.39, 0.29) is 16.7 Å². The standard InChI is InChI=1S/C19H26N2O5S/c1-13-8-9-15(11-17(13)27(25,26)16-6-2-3-7-16)20-19(24)21-10-4-5-14(12-21)18(22)23/h8-9,11,14,16H,2-7,10,12H2,1H3,(H,20,24)(H,22,23). The average molecular weight is 394 g/mol. The molecule has 1 atom stereocenters. The van der Waals surface area contributed by atoms with Gasteiger partial charge >= 0.3 is 12.0 Å². The first-order valence-electron chi connectivity index (χ1n) is 9.42. The third-order valence-corrected chi connectivity index (χ3v) is 7.95. The molecule has 7 nitrogen and oxygen atoms in total. The molecule has 2 fully saturated rings. The van der Waals surface area contributed by atoms with Gasteiger partial charge in [0, 0.05) is 18.8 Å². The van der Waals surface area contributed by atoms with Gasteiger partial charge in [-0.05, 0) is 50.3 Å². The molecule has 1 saturated heterocycles. The van der Waals surface area contributed by atoms with Crippen molar-refractivity contribution in [3.63, 3.8) is 0 Å². The van der Waals surface area contributed by atoms with Crippen molar-refractivity contribution in [2.75, 3.05) is 18.4 Å². The number of nitrogens with zero attached hydrogens (tertiary/aromatic N) is 1. The fourth-order valence-electron chi connectivity index (χ4n) is 3.93. The maximum absolute atomic E-state index is 12.9. The molecule has 0 spiro atoms. The number of carbonyl (C=O) groups is 2. The minimum atomic E-state index is -3.42. The predicted molar refractivity (Wildman–Crippen MR) is 102 cm³/mol. The Kier molecular flexibility index (Phi) is 5.74. The number of aryl methyl sites for hydroxylation is 1. The summed E-state index contributed by atoms with van der Waals surface area (Å²) in [5.41, 5.74) is 1.09. The van der Waals surface area contributed by atoms with Gasteiger partial charge < -0.3 is 15.3 Å². The van der Waals surface area contributed by atoms with Gasteiger partial charge in [0.1, 0.15) is 0 Å². The number of carboxylic acid groups (broad SMARTS) is 1. The Morgan fingerprint density at radius 2 is 1.85 bits per heavy atom. The van der Waals surface area contributed by atoms with Crippen LogP contribution in [0.2, 0.25) is 0 Å². The van der Waals surface area contributed by atoms with Crippen LogP contribution in [0, 0.1) is 12.8 Å². The molecule has 0 radical (unpaired) electrons. The fourth-order valence-corrected chi connectivity index (χ4v) is 6.05. The van der Waals surface area contributed by atoms with Crippen LogP contribution in [0.25, 0.3) is 0 Å². The van der Waals surface area contributed by atoms with Crippen LogP contribution in [0.3, 0.4) is 0 Å². The SMILES string of the molecule is Cc1ccc(NC(=O)N2CCCC(C(=O)O)C2)cc1S(=O)(=O)C1CCCC1. The lowest BCUT2D eigenvalue weighted by atomic mass is 9.99. The van der Waals surface area contributed by atoms with Crippen molar-refractivity contribution in [2.24, 2.45) is 5.92 Å². The maximum Gasteiger partial charge on any atom is 0.321 e. The van der Waals surface area contributed by atoms with E-state index in [1.54, 1.807) is 19.1 Å². The second-order valence-corrected chi connectivity index (χ2v) is 9.68. The fraction of sp³-hybridized carbons (Fsp3) is 0.579. The molecular weight excluding hydrogens is 368 g/mol. The van der Waals surface area contributed by atoms with Crippen molar-refractivity contribution < 1.29 is 23.1 Å². The molecule has 1 saturated carbocycles. The number of benzene rings is 1. The van der Waals surface area contributed by atoms with Crippen molar-refractivity contribution in [2.45, 2.75) is 55.6 Å². The highest BCUT2D eigenvalue weighted by atomic mass is 32.2. The van der Waals surface area contributed by atoms with Gasteiger partial charge in [0.25, 0.3) is 0 Å². The molecule has 1 aromatic rings. The van der Waals surface area contributed by atoms with Crippen molar-refractivity contribution >= 4 is 27.5 Å². The number of hydrogen-bond donors (Lipinski definition) is 2. The number of urea groups is 1. The number of aliphatic carboxylic acids is 1. The molecule has 2 N–H and O–H groups in total. The number of likely N-dealkylation sites (tertiary alicyclic amines) is 1. The molecule has 3 rings (SSSR count). The number of nitrogens with one attached hydrogen (secondary N) is 1. The summed E-state index contributed by atoms with van der Waals surface area (Å²) in [6.07, 6.45) is 4.43. The monoisotopic (exact) mass is 394 g/mol. The summed E-state index contributed by atoms with van der Waals surface area (Å²) < 4.78 is 25.8. The highest BCUT2D eigenvalue weighted by Crippen LogP contribution is 2.32. The Hall–Kier alpha value is -2.09. The van der Waals surface area contributed by atoms with Gasteiger partial charge in [0.05, 0.1) is 16.1 Å². The van der Waals surface area contributed by atoms with E-state index in [1.165, 1.54) is 11.0 Å². The van der Waals surface area contributed by atoms with Crippen LogP contribution in [-0.2, 0) is 14.6 Å². The number of carboxylic acids is 1. The zero-order valence-corrected chi connectivity index (χ0v) is 16.3. The minimum absolute atomic E-state index is 0.167. The average Bonchev–Trinajstić information content (AvgIpc) is 3.19. The van der Waals surface area contributed by atoms with E-state index in [0.717, 1.165) is 12.8 Å². The summed E-state index contributed by atoms with van der Waals surface area (Å²) in [6.45, 7) is 2.42. The lowest BCUT2D eigenvalue weighted by Crippen LogP contribution is -2.44. The number of anilines is 1. The van der Waals surface area contributed by atoms with Gasteiger partial charge in [-0.25, -0.2) is 13.2 Å². The summed E-state index contributed by atoms with van der Waals surface area (Å²) in [6, 6.07) is 4.52. The summed E-state index contributed by atoms with van der Waals surface area (Å²) in [7, 11) is -3.42. The van der Waals surface area contributed by atoms with E-state index in [0.29, 0.717) is 43.5 Å². The quantitative estimate of drug-likeness (QED) is 0.817. The number of piperidine rings is 1. The second kappa shape index (κ2) is 7.88. The molecule has 1 aliphatic heterocycles. The molecule has 1 aromatic carbocycles. The molecule has 8 heteroatoms. The van der Waals surface area contributed by atoms with Crippen molar-refractivity contribution in [1.29, 1.82) is 0 Å². The Bertz CT molecular complexity index is 831. The van der Waals surface area contributed by atoms with E-state index in [2.05, 4.69) is 5.32 Å². The number of rotatable bonds is 4. The highest BCUT2D eigenvalue weighted by Gasteiger charge is 2.32. The number of carbonyl (C=O) groups excluding carboxylic acids is 1. The third-order valence-electron chi connectivity index (χ3n) is 5.54. The van der Waals surface area contributed by atoms with Crippen LogP contribution >= 0.6 is 0 Å². The lowest BCUT2D eigenvalue weighted by molar-refractivity contribution is -0.143. The molecule has 0 bridgehead atoms. The minimum Gasteiger partial charge on any atom is -0.481 e. The van der Waals surface area contributed by atoms with Gasteiger partial charge in [-0.15, -0.1) is 0 Å². The Morgan fingerprint density at radius 1 is 1.15 bits per heavy atom. The van der Waals surface area contributed by atoms with Gasteiger partial charge in [-0.2, -0.15) is 0 Å². The summed E-state index contributed by atoms with van der Waals surface area (Å²) in [5, 5.41) is 11.5. The number of hydrogen-bond acceptors (Lipinski definition) is 4. The predicted octanol–water partition coefficient (Wildman–Crippen LogP) is 3.04. The maximum atomic E-state index is 12.9. The number of amides is 2. The molecule has 2 amide bonds. The van der Waals surface area contributed by atoms with Gasteiger partial charge in [-0.3, -0.25) is 4.79 Å². The van der Waals surface area contributed by atoms with Gasteiger partial charge in [0.15, 0.2) is 9.84 Å². The Balaban J connectivity index is 1.76. The number of sulfone groups is 1. The van der Waals surface area contributed by atoms with Crippen molar-refractivity contribution in [3.05, 3.63) is 23.8 Å². The molecule has 27 heavy (non-hydrogen) atoms. The van der Waals surface area contributed by atoms with Crippen LogP contribution < -0.4 is 5.32 Å². The molecule has 2 aliphatic rings. The summed E-state index contributed by atoms with van der Waals surface area (Å²) >= 11 is 0. The third kappa shape index (κ3) is 4.26. The Labute approximate surface area is 159 Å². The van der Waals surface area contributed by atoms with E-state index in [1.807, 2.05) is 0 Å². The first-order chi connectivity index (χ1) is 12.8. The van der Waals surface area contributed by atoms with E-state index in [4.69, 9.17) is 5.11 Å². The normalized spacial score (nSPS) is 21.2. The van der Waals surface area contributed by atoms with Gasteiger partial charge in [-0.1, -0.05) is 18.9 Å². The molecule has 148 valence electrons. The lowest BCUT2D eigenvalue weighted by Gasteiger charge is -2.30. The molecule has 1 aliphatic carbocycles. The summed E-state index contributed by atoms with van der Waals surface area (Å²) in [5.74, 6) is -1.45. The van der Waals surface area contributed by atoms with E-state index >= 15 is 0 Å². The second-order valence-electron chi connectivity index (χ2n) is 7.49. The van der Waals surface area contributed by atoms with Crippen LogP contribution in [0.1, 0.15) is 44.1 Å². The molecular formula is C19H26N2O5S. The van der Waals surface area contributed by atoms with E-state index < -0.39 is 27.8 Å². The van der Waals surface area contributed by atoms with Gasteiger partial charge in [0.2, 0.25) is 0 Å². The van der Waals surface area contributed by atoms with E-state index in [9.17, 15) is 18.0 Å². The van der Waals surface area contributed by atoms with Crippen LogP contribution in [0.5, 0.6) is 0 Å². The van der Waals surface area contributed by atoms with Crippen molar-refractivity contribution in [3.8, 4) is 0 Å². The molecule has 0 aromatic heterocycles. The molecule has 1 unspecified atom stereocenters. The smallest absolute Gasteiger partial charge is 0.321 e. The first-order valence-corrected chi connectivity index (χ1v) is 11.0.